The van der Waals surface area contributed by atoms with Crippen LogP contribution in [-0.4, -0.2) is 12.2 Å². The van der Waals surface area contributed by atoms with Crippen LogP contribution < -0.4 is 0 Å². The van der Waals surface area contributed by atoms with Gasteiger partial charge in [0.2, 0.25) is 0 Å². The summed E-state index contributed by atoms with van der Waals surface area (Å²) in [6.45, 7) is 0.140. The number of hydrogen-bond donors (Lipinski definition) is 1. The molecule has 1 radical (unpaired) electrons. The Morgan fingerprint density at radius 3 is 2.00 bits per heavy atom. The van der Waals surface area contributed by atoms with Crippen LogP contribution in [0.4, 0.5) is 0 Å². The van der Waals surface area contributed by atoms with E-state index in [-0.39, 0.29) is 6.61 Å². The maximum absolute atomic E-state index is 8.54. The molecule has 0 atom stereocenters. The van der Waals surface area contributed by atoms with Crippen molar-refractivity contribution in [1.29, 1.82) is 0 Å². The van der Waals surface area contributed by atoms with E-state index in [9.17, 15) is 0 Å². The van der Waals surface area contributed by atoms with Gasteiger partial charge in [-0.1, -0.05) is 30.3 Å². The second-order valence-electron chi connectivity index (χ2n) is 1.64. The van der Waals surface area contributed by atoms with Gasteiger partial charge in [-0.2, -0.15) is 0 Å². The molecule has 1 rings (SSSR count). The van der Waals surface area contributed by atoms with Crippen LogP contribution in [0.3, 0.4) is 0 Å². The van der Waals surface area contributed by atoms with Gasteiger partial charge in [0.05, 0.1) is 13.7 Å². The normalized spacial score (nSPS) is 7.90. The number of aliphatic hydroxyl groups is 1. The first kappa shape index (κ1) is 9.14. The van der Waals surface area contributed by atoms with Crippen molar-refractivity contribution in [3.63, 3.8) is 0 Å². The third-order valence-electron chi connectivity index (χ3n) is 1.03. The highest BCUT2D eigenvalue weighted by molar-refractivity contribution is 5.12. The summed E-state index contributed by atoms with van der Waals surface area (Å²) in [4.78, 5) is 0. The Labute approximate surface area is 60.8 Å². The van der Waals surface area contributed by atoms with Crippen LogP contribution in [-0.2, 0) is 11.7 Å². The maximum atomic E-state index is 8.54. The molecule has 0 fully saturated rings. The number of rotatable bonds is 1. The zero-order valence-corrected chi connectivity index (χ0v) is 5.95. The standard InChI is InChI=1S/C7H8O.CH3O/c8-6-7-4-2-1-3-5-7;1-2/h1-5,8H,6H2;1H3. The Morgan fingerprint density at radius 2 is 1.70 bits per heavy atom. The van der Waals surface area contributed by atoms with Crippen LogP contribution in [0.25, 0.3) is 0 Å². The van der Waals surface area contributed by atoms with Gasteiger partial charge in [-0.05, 0) is 5.56 Å². The average Bonchev–Trinajstić information content (AvgIpc) is 2.10. The lowest BCUT2D eigenvalue weighted by Gasteiger charge is -1.89. The van der Waals surface area contributed by atoms with E-state index in [0.717, 1.165) is 12.7 Å². The summed E-state index contributed by atoms with van der Waals surface area (Å²) in [5, 5.41) is 16.8. The van der Waals surface area contributed by atoms with Gasteiger partial charge in [-0.3, -0.25) is 0 Å². The molecule has 0 heterocycles. The van der Waals surface area contributed by atoms with E-state index in [0.29, 0.717) is 0 Å². The summed E-state index contributed by atoms with van der Waals surface area (Å²) >= 11 is 0. The first-order chi connectivity index (χ1) is 4.93. The molecular formula is C8H11O2. The van der Waals surface area contributed by atoms with E-state index in [2.05, 4.69) is 0 Å². The summed E-state index contributed by atoms with van der Waals surface area (Å²) < 4.78 is 0. The van der Waals surface area contributed by atoms with Crippen LogP contribution in [0.1, 0.15) is 5.56 Å². The Morgan fingerprint density at radius 1 is 1.20 bits per heavy atom. The number of aliphatic hydroxyl groups excluding tert-OH is 1. The molecule has 55 valence electrons. The maximum Gasteiger partial charge on any atom is 0.0712 e. The van der Waals surface area contributed by atoms with E-state index in [4.69, 9.17) is 10.2 Å². The fourth-order valence-corrected chi connectivity index (χ4v) is 0.583. The third kappa shape index (κ3) is 3.22. The van der Waals surface area contributed by atoms with Gasteiger partial charge in [0.1, 0.15) is 0 Å². The zero-order valence-electron chi connectivity index (χ0n) is 5.95. The molecule has 0 amide bonds. The van der Waals surface area contributed by atoms with Gasteiger partial charge in [-0.15, -0.1) is 0 Å². The number of benzene rings is 1. The lowest BCUT2D eigenvalue weighted by molar-refractivity contribution is 0.281. The highest BCUT2D eigenvalue weighted by Gasteiger charge is 1.81. The summed E-state index contributed by atoms with van der Waals surface area (Å²) in [5.74, 6) is 0. The van der Waals surface area contributed by atoms with Crippen molar-refractivity contribution in [2.45, 2.75) is 6.61 Å². The van der Waals surface area contributed by atoms with Crippen LogP contribution in [0, 0.1) is 0 Å². The molecule has 0 saturated heterocycles. The second-order valence-corrected chi connectivity index (χ2v) is 1.64. The van der Waals surface area contributed by atoms with Crippen molar-refractivity contribution in [1.82, 2.24) is 0 Å². The molecule has 0 spiro atoms. The molecule has 1 aromatic carbocycles. The second kappa shape index (κ2) is 6.26. The molecule has 0 unspecified atom stereocenters. The fourth-order valence-electron chi connectivity index (χ4n) is 0.583. The highest BCUT2D eigenvalue weighted by atomic mass is 16.3. The van der Waals surface area contributed by atoms with Crippen LogP contribution in [0.2, 0.25) is 0 Å². The minimum Gasteiger partial charge on any atom is -0.392 e. The van der Waals surface area contributed by atoms with E-state index < -0.39 is 0 Å². The molecule has 0 aliphatic carbocycles. The number of hydrogen-bond acceptors (Lipinski definition) is 1. The zero-order chi connectivity index (χ0) is 7.82. The van der Waals surface area contributed by atoms with Gasteiger partial charge < -0.3 is 5.11 Å². The smallest absolute Gasteiger partial charge is 0.0712 e. The average molecular weight is 139 g/mol. The topological polar surface area (TPSA) is 40.1 Å². The fraction of sp³-hybridized carbons (Fsp3) is 0.250. The Hall–Kier alpha value is -0.860. The van der Waals surface area contributed by atoms with Crippen molar-refractivity contribution in [2.24, 2.45) is 0 Å². The molecule has 1 N–H and O–H groups in total. The van der Waals surface area contributed by atoms with Crippen LogP contribution >= 0.6 is 0 Å². The Kier molecular flexibility index (Phi) is 5.72. The van der Waals surface area contributed by atoms with E-state index >= 15 is 0 Å². The predicted octanol–water partition coefficient (Wildman–Crippen LogP) is 1.23. The summed E-state index contributed by atoms with van der Waals surface area (Å²) in [6.07, 6.45) is 0. The first-order valence-corrected chi connectivity index (χ1v) is 2.99. The van der Waals surface area contributed by atoms with Gasteiger partial charge in [-0.25, -0.2) is 5.11 Å². The summed E-state index contributed by atoms with van der Waals surface area (Å²) in [6, 6.07) is 9.52. The molecule has 1 aromatic rings. The lowest BCUT2D eigenvalue weighted by atomic mass is 10.2. The third-order valence-corrected chi connectivity index (χ3v) is 1.03. The molecule has 0 aliphatic rings. The largest absolute Gasteiger partial charge is 0.392 e. The minimum absolute atomic E-state index is 0.140. The van der Waals surface area contributed by atoms with Crippen molar-refractivity contribution < 1.29 is 10.2 Å². The summed E-state index contributed by atoms with van der Waals surface area (Å²) in [5.41, 5.74) is 0.965. The first-order valence-electron chi connectivity index (χ1n) is 2.99. The minimum atomic E-state index is 0.140. The van der Waals surface area contributed by atoms with Gasteiger partial charge in [0, 0.05) is 0 Å². The molecule has 0 bridgehead atoms. The molecule has 0 saturated carbocycles. The molecule has 10 heavy (non-hydrogen) atoms. The van der Waals surface area contributed by atoms with E-state index in [1.807, 2.05) is 30.3 Å². The summed E-state index contributed by atoms with van der Waals surface area (Å²) in [7, 11) is 0.750. The van der Waals surface area contributed by atoms with Gasteiger partial charge >= 0.3 is 0 Å². The van der Waals surface area contributed by atoms with E-state index in [1.54, 1.807) is 0 Å². The van der Waals surface area contributed by atoms with Crippen molar-refractivity contribution in [2.75, 3.05) is 7.11 Å². The van der Waals surface area contributed by atoms with E-state index in [1.165, 1.54) is 0 Å². The monoisotopic (exact) mass is 139 g/mol. The Balaban J connectivity index is 0.000000371. The lowest BCUT2D eigenvalue weighted by Crippen LogP contribution is -1.77. The van der Waals surface area contributed by atoms with Gasteiger partial charge in [0.15, 0.2) is 0 Å². The van der Waals surface area contributed by atoms with Crippen molar-refractivity contribution >= 4 is 0 Å². The predicted molar refractivity (Wildman–Crippen MR) is 39.0 cm³/mol. The molecule has 2 heteroatoms. The van der Waals surface area contributed by atoms with Crippen molar-refractivity contribution in [3.8, 4) is 0 Å². The molecule has 0 aromatic heterocycles. The molecule has 0 aliphatic heterocycles. The molecular weight excluding hydrogens is 128 g/mol. The Bertz CT molecular complexity index is 149. The van der Waals surface area contributed by atoms with Crippen LogP contribution in [0.5, 0.6) is 0 Å². The van der Waals surface area contributed by atoms with Gasteiger partial charge in [0.25, 0.3) is 0 Å². The SMILES string of the molecule is C[O].OCc1ccccc1. The van der Waals surface area contributed by atoms with Crippen molar-refractivity contribution in [3.05, 3.63) is 35.9 Å². The highest BCUT2D eigenvalue weighted by Crippen LogP contribution is 1.95. The molecule has 2 nitrogen and oxygen atoms in total. The van der Waals surface area contributed by atoms with Crippen LogP contribution in [0.15, 0.2) is 30.3 Å². The quantitative estimate of drug-likeness (QED) is 0.624.